The Labute approximate surface area is 138 Å². The lowest BCUT2D eigenvalue weighted by Gasteiger charge is -2.21. The molecule has 0 bridgehead atoms. The predicted molar refractivity (Wildman–Crippen MR) is 88.7 cm³/mol. The highest BCUT2D eigenvalue weighted by Gasteiger charge is 2.36. The van der Waals surface area contributed by atoms with Crippen LogP contribution in [0.4, 0.5) is 4.79 Å². The first-order valence-corrected chi connectivity index (χ1v) is 8.10. The molecule has 0 spiro atoms. The largest absolute Gasteiger partial charge is 0.507 e. The molecule has 3 amide bonds. The van der Waals surface area contributed by atoms with E-state index in [9.17, 15) is 19.5 Å². The van der Waals surface area contributed by atoms with Gasteiger partial charge in [0, 0.05) is 18.7 Å². The number of nitrogens with zero attached hydrogens (tertiary/aromatic N) is 2. The minimum Gasteiger partial charge on any atom is -0.507 e. The summed E-state index contributed by atoms with van der Waals surface area (Å²) >= 11 is 0.771. The van der Waals surface area contributed by atoms with Gasteiger partial charge >= 0.3 is 0 Å². The molecule has 1 N–H and O–H groups in total. The van der Waals surface area contributed by atoms with Gasteiger partial charge < -0.3 is 10.0 Å². The van der Waals surface area contributed by atoms with E-state index < -0.39 is 11.1 Å². The summed E-state index contributed by atoms with van der Waals surface area (Å²) in [6.07, 6.45) is 1.46. The number of benzene rings is 1. The zero-order chi connectivity index (χ0) is 17.0. The van der Waals surface area contributed by atoms with E-state index in [1.165, 1.54) is 12.1 Å². The van der Waals surface area contributed by atoms with Gasteiger partial charge in [0.2, 0.25) is 5.91 Å². The van der Waals surface area contributed by atoms with Crippen LogP contribution in [0.15, 0.2) is 29.2 Å². The number of hydrogen-bond donors (Lipinski definition) is 1. The Morgan fingerprint density at radius 3 is 2.52 bits per heavy atom. The Kier molecular flexibility index (Phi) is 5.44. The van der Waals surface area contributed by atoms with Crippen LogP contribution in [0, 0.1) is 0 Å². The second kappa shape index (κ2) is 7.32. The summed E-state index contributed by atoms with van der Waals surface area (Å²) in [5.74, 6) is -0.747. The van der Waals surface area contributed by atoms with Crippen LogP contribution >= 0.6 is 11.8 Å². The number of amides is 3. The summed E-state index contributed by atoms with van der Waals surface area (Å²) in [6, 6.07) is 6.53. The van der Waals surface area contributed by atoms with Crippen LogP contribution in [0.2, 0.25) is 0 Å². The number of aromatic hydroxyl groups is 1. The van der Waals surface area contributed by atoms with Crippen molar-refractivity contribution in [2.75, 3.05) is 19.6 Å². The number of hydrogen-bond acceptors (Lipinski definition) is 5. The highest BCUT2D eigenvalue weighted by Crippen LogP contribution is 2.33. The number of carbonyl (C=O) groups excluding carboxylic acids is 3. The highest BCUT2D eigenvalue weighted by molar-refractivity contribution is 8.18. The third-order valence-electron chi connectivity index (χ3n) is 3.51. The zero-order valence-electron chi connectivity index (χ0n) is 13.0. The molecule has 0 saturated carbocycles. The van der Waals surface area contributed by atoms with Crippen LogP contribution in [0.1, 0.15) is 19.4 Å². The molecule has 1 aliphatic heterocycles. The highest BCUT2D eigenvalue weighted by atomic mass is 32.2. The van der Waals surface area contributed by atoms with Gasteiger partial charge in [0.05, 0.1) is 4.91 Å². The number of imide groups is 1. The number of carbonyl (C=O) groups is 3. The molecule has 1 aromatic rings. The van der Waals surface area contributed by atoms with Gasteiger partial charge in [-0.1, -0.05) is 18.2 Å². The van der Waals surface area contributed by atoms with Gasteiger partial charge in [0.15, 0.2) is 0 Å². The van der Waals surface area contributed by atoms with E-state index in [2.05, 4.69) is 0 Å². The van der Waals surface area contributed by atoms with E-state index in [1.54, 1.807) is 23.1 Å². The number of para-hydroxylation sites is 1. The molecular weight excluding hydrogens is 316 g/mol. The molecule has 23 heavy (non-hydrogen) atoms. The van der Waals surface area contributed by atoms with Crippen LogP contribution < -0.4 is 0 Å². The van der Waals surface area contributed by atoms with Gasteiger partial charge in [0.25, 0.3) is 11.1 Å². The minimum absolute atomic E-state index is 0.0264. The maximum atomic E-state index is 12.3. The molecule has 1 aliphatic rings. The topological polar surface area (TPSA) is 77.9 Å². The summed E-state index contributed by atoms with van der Waals surface area (Å²) < 4.78 is 0. The lowest BCUT2D eigenvalue weighted by atomic mass is 10.2. The average Bonchev–Trinajstić information content (AvgIpc) is 2.78. The van der Waals surface area contributed by atoms with Crippen molar-refractivity contribution < 1.29 is 19.5 Å². The van der Waals surface area contributed by atoms with E-state index >= 15 is 0 Å². The number of phenols is 1. The monoisotopic (exact) mass is 334 g/mol. The van der Waals surface area contributed by atoms with Crippen molar-refractivity contribution >= 4 is 34.9 Å². The van der Waals surface area contributed by atoms with E-state index in [0.29, 0.717) is 18.7 Å². The maximum absolute atomic E-state index is 12.3. The van der Waals surface area contributed by atoms with Crippen molar-refractivity contribution in [2.24, 2.45) is 0 Å². The number of phenolic OH excluding ortho intramolecular Hbond substituents is 1. The number of likely N-dealkylation sites (N-methyl/N-ethyl adjacent to an activating group) is 1. The van der Waals surface area contributed by atoms with Crippen molar-refractivity contribution in [3.63, 3.8) is 0 Å². The van der Waals surface area contributed by atoms with Gasteiger partial charge in [-0.2, -0.15) is 0 Å². The lowest BCUT2D eigenvalue weighted by molar-refractivity contribution is -0.135. The standard InChI is InChI=1S/C16H18N2O4S/c1-3-17(4-2)14(20)10-18-15(21)13(23-16(18)22)9-11-7-5-6-8-12(11)19/h5-9,19H,3-4,10H2,1-2H3/b13-9-. The third kappa shape index (κ3) is 3.73. The quantitative estimate of drug-likeness (QED) is 0.836. The fraction of sp³-hybridized carbons (Fsp3) is 0.312. The molecule has 0 aromatic heterocycles. The molecule has 1 heterocycles. The van der Waals surface area contributed by atoms with Crippen molar-refractivity contribution in [1.82, 2.24) is 9.80 Å². The summed E-state index contributed by atoms with van der Waals surface area (Å²) in [5.41, 5.74) is 0.452. The van der Waals surface area contributed by atoms with Gasteiger partial charge in [-0.05, 0) is 37.8 Å². The Morgan fingerprint density at radius 2 is 1.91 bits per heavy atom. The molecule has 1 aromatic carbocycles. The number of rotatable bonds is 5. The molecule has 0 atom stereocenters. The third-order valence-corrected chi connectivity index (χ3v) is 4.41. The predicted octanol–water partition coefficient (Wildman–Crippen LogP) is 2.30. The van der Waals surface area contributed by atoms with E-state index in [0.717, 1.165) is 16.7 Å². The van der Waals surface area contributed by atoms with Gasteiger partial charge in [-0.3, -0.25) is 19.3 Å². The summed E-state index contributed by atoms with van der Waals surface area (Å²) in [4.78, 5) is 39.1. The molecule has 1 fully saturated rings. The Balaban J connectivity index is 2.17. The molecular formula is C16H18N2O4S. The van der Waals surface area contributed by atoms with Crippen LogP contribution in [0.3, 0.4) is 0 Å². The summed E-state index contributed by atoms with van der Waals surface area (Å²) in [5, 5.41) is 9.27. The summed E-state index contributed by atoms with van der Waals surface area (Å²) in [7, 11) is 0. The smallest absolute Gasteiger partial charge is 0.294 e. The first-order valence-electron chi connectivity index (χ1n) is 7.29. The second-order valence-corrected chi connectivity index (χ2v) is 5.89. The van der Waals surface area contributed by atoms with Crippen LogP contribution in [0.5, 0.6) is 5.75 Å². The molecule has 7 heteroatoms. The van der Waals surface area contributed by atoms with Crippen molar-refractivity contribution in [1.29, 1.82) is 0 Å². The molecule has 1 saturated heterocycles. The van der Waals surface area contributed by atoms with Crippen molar-refractivity contribution in [3.8, 4) is 5.75 Å². The second-order valence-electron chi connectivity index (χ2n) is 4.89. The Morgan fingerprint density at radius 1 is 1.26 bits per heavy atom. The van der Waals surface area contributed by atoms with E-state index in [-0.39, 0.29) is 23.1 Å². The molecule has 6 nitrogen and oxygen atoms in total. The van der Waals surface area contributed by atoms with Crippen molar-refractivity contribution in [2.45, 2.75) is 13.8 Å². The molecule has 0 unspecified atom stereocenters. The van der Waals surface area contributed by atoms with Crippen molar-refractivity contribution in [3.05, 3.63) is 34.7 Å². The van der Waals surface area contributed by atoms with Gasteiger partial charge in [-0.15, -0.1) is 0 Å². The molecule has 2 rings (SSSR count). The number of thioether (sulfide) groups is 1. The fourth-order valence-corrected chi connectivity index (χ4v) is 3.03. The van der Waals surface area contributed by atoms with Gasteiger partial charge in [-0.25, -0.2) is 0 Å². The fourth-order valence-electron chi connectivity index (χ4n) is 2.20. The SMILES string of the molecule is CCN(CC)C(=O)CN1C(=O)S/C(=C\c2ccccc2O)C1=O. The van der Waals surface area contributed by atoms with Crippen LogP contribution in [-0.4, -0.2) is 51.6 Å². The first kappa shape index (κ1) is 17.1. The molecule has 0 radical (unpaired) electrons. The van der Waals surface area contributed by atoms with Crippen LogP contribution in [-0.2, 0) is 9.59 Å². The molecule has 122 valence electrons. The Bertz CT molecular complexity index is 668. The summed E-state index contributed by atoms with van der Waals surface area (Å²) in [6.45, 7) is 4.48. The normalized spacial score (nSPS) is 16.3. The minimum atomic E-state index is -0.510. The lowest BCUT2D eigenvalue weighted by Crippen LogP contribution is -2.41. The zero-order valence-corrected chi connectivity index (χ0v) is 13.8. The Hall–Kier alpha value is -2.28. The van der Waals surface area contributed by atoms with E-state index in [1.807, 2.05) is 13.8 Å². The van der Waals surface area contributed by atoms with E-state index in [4.69, 9.17) is 0 Å². The van der Waals surface area contributed by atoms with Gasteiger partial charge in [0.1, 0.15) is 12.3 Å². The maximum Gasteiger partial charge on any atom is 0.294 e. The molecule has 0 aliphatic carbocycles. The van der Waals surface area contributed by atoms with Crippen LogP contribution in [0.25, 0.3) is 6.08 Å². The first-order chi connectivity index (χ1) is 11.0. The average molecular weight is 334 g/mol.